The van der Waals surface area contributed by atoms with Crippen LogP contribution in [-0.2, 0) is 6.42 Å². The largest absolute Gasteiger partial charge is 0.493 e. The molecule has 2 rings (SSSR count). The van der Waals surface area contributed by atoms with Crippen LogP contribution in [0.5, 0.6) is 11.5 Å². The van der Waals surface area contributed by atoms with Crippen LogP contribution in [0.2, 0.25) is 0 Å². The number of benzene rings is 1. The fourth-order valence-electron chi connectivity index (χ4n) is 3.39. The number of rotatable bonds is 5. The van der Waals surface area contributed by atoms with Crippen LogP contribution in [0.4, 0.5) is 4.79 Å². The number of carbonyl (C=O) groups is 1. The predicted octanol–water partition coefficient (Wildman–Crippen LogP) is 2.98. The summed E-state index contributed by atoms with van der Waals surface area (Å²) in [4.78, 5) is 14.9. The molecule has 0 saturated heterocycles. The second-order valence-electron chi connectivity index (χ2n) is 8.55. The second kappa shape index (κ2) is 9.52. The van der Waals surface area contributed by atoms with Crippen molar-refractivity contribution in [3.8, 4) is 11.5 Å². The Morgan fingerprint density at radius 1 is 1.24 bits per heavy atom. The van der Waals surface area contributed by atoms with Gasteiger partial charge in [-0.15, -0.1) is 0 Å². The molecule has 0 radical (unpaired) electrons. The summed E-state index contributed by atoms with van der Waals surface area (Å²) in [5.41, 5.74) is 1.87. The number of nitrogens with zero attached hydrogens (tertiary/aromatic N) is 1. The molecule has 1 atom stereocenters. The Morgan fingerprint density at radius 3 is 2.41 bits per heavy atom. The van der Waals surface area contributed by atoms with Gasteiger partial charge in [-0.1, -0.05) is 0 Å². The number of thiocarbonyl (C=S) groups is 1. The summed E-state index contributed by atoms with van der Waals surface area (Å²) < 4.78 is 11.0. The Balaban J connectivity index is 2.36. The summed E-state index contributed by atoms with van der Waals surface area (Å²) in [7, 11) is 3.25. The van der Waals surface area contributed by atoms with Crippen molar-refractivity contribution in [3.05, 3.63) is 23.3 Å². The topological polar surface area (TPSA) is 74.9 Å². The zero-order valence-corrected chi connectivity index (χ0v) is 19.3. The SMILES string of the molecule is COc1cc2c(cc1OC)[C@H](CNC(=S)NC(C)C)N(C(=O)NC(C)(C)C)CC2. The van der Waals surface area contributed by atoms with Gasteiger partial charge >= 0.3 is 6.03 Å². The van der Waals surface area contributed by atoms with Gasteiger partial charge in [0.1, 0.15) is 0 Å². The fourth-order valence-corrected chi connectivity index (χ4v) is 3.71. The highest BCUT2D eigenvalue weighted by Gasteiger charge is 2.33. The van der Waals surface area contributed by atoms with Crippen LogP contribution in [0, 0.1) is 0 Å². The Kier molecular flexibility index (Phi) is 7.57. The van der Waals surface area contributed by atoms with E-state index < -0.39 is 0 Å². The van der Waals surface area contributed by atoms with Crippen LogP contribution in [0.15, 0.2) is 12.1 Å². The Bertz CT molecular complexity index is 746. The average molecular weight is 423 g/mol. The van der Waals surface area contributed by atoms with E-state index in [1.165, 1.54) is 0 Å². The standard InChI is InChI=1S/C21H34N4O3S/c1-13(2)23-19(29)22-12-16-15-11-18(28-7)17(27-6)10-14(15)8-9-25(16)20(26)24-21(3,4)5/h10-11,13,16H,8-9,12H2,1-7H3,(H,24,26)(H2,22,23,29)/t16-/m0/s1. The number of methoxy groups -OCH3 is 2. The number of carbonyl (C=O) groups excluding carboxylic acids is 1. The normalized spacial score (nSPS) is 16.1. The van der Waals surface area contributed by atoms with Crippen molar-refractivity contribution in [1.82, 2.24) is 20.9 Å². The van der Waals surface area contributed by atoms with E-state index in [4.69, 9.17) is 21.7 Å². The van der Waals surface area contributed by atoms with Crippen LogP contribution in [0.1, 0.15) is 51.8 Å². The molecule has 1 aromatic carbocycles. The lowest BCUT2D eigenvalue weighted by atomic mass is 9.91. The molecule has 1 aromatic rings. The van der Waals surface area contributed by atoms with Crippen molar-refractivity contribution in [2.75, 3.05) is 27.3 Å². The zero-order chi connectivity index (χ0) is 21.8. The summed E-state index contributed by atoms with van der Waals surface area (Å²) in [6.45, 7) is 11.1. The predicted molar refractivity (Wildman–Crippen MR) is 120 cm³/mol. The number of ether oxygens (including phenoxy) is 2. The summed E-state index contributed by atoms with van der Waals surface area (Å²) >= 11 is 5.39. The van der Waals surface area contributed by atoms with E-state index in [1.54, 1.807) is 14.2 Å². The molecule has 8 heteroatoms. The van der Waals surface area contributed by atoms with E-state index in [-0.39, 0.29) is 23.7 Å². The Hall–Kier alpha value is -2.22. The molecule has 2 amide bonds. The van der Waals surface area contributed by atoms with E-state index in [0.717, 1.165) is 17.5 Å². The lowest BCUT2D eigenvalue weighted by molar-refractivity contribution is 0.161. The molecule has 0 fully saturated rings. The van der Waals surface area contributed by atoms with E-state index in [0.29, 0.717) is 29.7 Å². The molecule has 0 aromatic heterocycles. The highest BCUT2D eigenvalue weighted by atomic mass is 32.1. The van der Waals surface area contributed by atoms with Crippen molar-refractivity contribution in [1.29, 1.82) is 0 Å². The third-order valence-corrected chi connectivity index (χ3v) is 4.88. The molecule has 29 heavy (non-hydrogen) atoms. The molecule has 1 aliphatic rings. The first-order chi connectivity index (χ1) is 13.6. The number of hydrogen-bond donors (Lipinski definition) is 3. The number of urea groups is 1. The minimum absolute atomic E-state index is 0.0903. The van der Waals surface area contributed by atoms with Gasteiger partial charge < -0.3 is 30.3 Å². The minimum Gasteiger partial charge on any atom is -0.493 e. The highest BCUT2D eigenvalue weighted by molar-refractivity contribution is 7.80. The van der Waals surface area contributed by atoms with Crippen molar-refractivity contribution in [2.24, 2.45) is 0 Å². The Morgan fingerprint density at radius 2 is 1.86 bits per heavy atom. The molecule has 0 spiro atoms. The van der Waals surface area contributed by atoms with Gasteiger partial charge in [-0.25, -0.2) is 4.79 Å². The average Bonchev–Trinajstić information content (AvgIpc) is 2.62. The maximum atomic E-state index is 13.0. The molecular weight excluding hydrogens is 388 g/mol. The molecule has 0 unspecified atom stereocenters. The monoisotopic (exact) mass is 422 g/mol. The van der Waals surface area contributed by atoms with Gasteiger partial charge in [-0.3, -0.25) is 0 Å². The van der Waals surface area contributed by atoms with Crippen molar-refractivity contribution >= 4 is 23.4 Å². The van der Waals surface area contributed by atoms with E-state index in [2.05, 4.69) is 16.0 Å². The first-order valence-electron chi connectivity index (χ1n) is 9.93. The van der Waals surface area contributed by atoms with Gasteiger partial charge in [0.05, 0.1) is 20.3 Å². The second-order valence-corrected chi connectivity index (χ2v) is 8.96. The van der Waals surface area contributed by atoms with Crippen molar-refractivity contribution in [3.63, 3.8) is 0 Å². The smallest absolute Gasteiger partial charge is 0.318 e. The number of hydrogen-bond acceptors (Lipinski definition) is 4. The molecule has 162 valence electrons. The van der Waals surface area contributed by atoms with Crippen molar-refractivity contribution < 1.29 is 14.3 Å². The molecule has 7 nitrogen and oxygen atoms in total. The molecule has 1 heterocycles. The summed E-state index contributed by atoms with van der Waals surface area (Å²) in [6, 6.07) is 3.93. The highest BCUT2D eigenvalue weighted by Crippen LogP contribution is 2.38. The van der Waals surface area contributed by atoms with Crippen LogP contribution in [-0.4, -0.2) is 54.9 Å². The van der Waals surface area contributed by atoms with Gasteiger partial charge in [0, 0.05) is 24.7 Å². The maximum Gasteiger partial charge on any atom is 0.318 e. The van der Waals surface area contributed by atoms with Crippen LogP contribution in [0.3, 0.4) is 0 Å². The third-order valence-electron chi connectivity index (χ3n) is 4.62. The van der Waals surface area contributed by atoms with Gasteiger partial charge in [0.25, 0.3) is 0 Å². The fraction of sp³-hybridized carbons (Fsp3) is 0.619. The number of fused-ring (bicyclic) bond motifs is 1. The van der Waals surface area contributed by atoms with E-state index in [1.807, 2.05) is 51.7 Å². The summed E-state index contributed by atoms with van der Waals surface area (Å²) in [5.74, 6) is 1.35. The van der Waals surface area contributed by atoms with E-state index >= 15 is 0 Å². The molecular formula is C21H34N4O3S. The first kappa shape index (κ1) is 23.1. The quantitative estimate of drug-likeness (QED) is 0.634. The third kappa shape index (κ3) is 6.13. The molecule has 0 aliphatic carbocycles. The molecule has 0 saturated carbocycles. The Labute approximate surface area is 179 Å². The minimum atomic E-state index is -0.318. The van der Waals surface area contributed by atoms with Gasteiger partial charge in [-0.2, -0.15) is 0 Å². The molecule has 0 bridgehead atoms. The zero-order valence-electron chi connectivity index (χ0n) is 18.5. The molecule has 1 aliphatic heterocycles. The number of amides is 2. The summed E-state index contributed by atoms with van der Waals surface area (Å²) in [5, 5.41) is 10.1. The molecule has 3 N–H and O–H groups in total. The lowest BCUT2D eigenvalue weighted by Crippen LogP contribution is -2.54. The van der Waals surface area contributed by atoms with Crippen LogP contribution >= 0.6 is 12.2 Å². The van der Waals surface area contributed by atoms with Gasteiger partial charge in [-0.05, 0) is 76.5 Å². The maximum absolute atomic E-state index is 13.0. The van der Waals surface area contributed by atoms with E-state index in [9.17, 15) is 4.79 Å². The van der Waals surface area contributed by atoms with Crippen molar-refractivity contribution in [2.45, 2.75) is 58.7 Å². The van der Waals surface area contributed by atoms with Crippen LogP contribution in [0.25, 0.3) is 0 Å². The first-order valence-corrected chi connectivity index (χ1v) is 10.3. The van der Waals surface area contributed by atoms with Gasteiger partial charge in [0.2, 0.25) is 0 Å². The van der Waals surface area contributed by atoms with Gasteiger partial charge in [0.15, 0.2) is 16.6 Å². The lowest BCUT2D eigenvalue weighted by Gasteiger charge is -2.39. The van der Waals surface area contributed by atoms with Crippen LogP contribution < -0.4 is 25.4 Å². The summed E-state index contributed by atoms with van der Waals surface area (Å²) in [6.07, 6.45) is 0.748. The number of nitrogens with one attached hydrogen (secondary N) is 3.